The predicted molar refractivity (Wildman–Crippen MR) is 68.7 cm³/mol. The molecule has 0 atom stereocenters. The third kappa shape index (κ3) is 2.30. The van der Waals surface area contributed by atoms with Gasteiger partial charge in [0, 0.05) is 17.9 Å². The Hall–Kier alpha value is -0.230. The Morgan fingerprint density at radius 1 is 1.53 bits per heavy atom. The van der Waals surface area contributed by atoms with E-state index in [0.29, 0.717) is 6.42 Å². The molecule has 0 bridgehead atoms. The van der Waals surface area contributed by atoms with E-state index in [1.54, 1.807) is 22.7 Å². The monoisotopic (exact) mass is 303 g/mol. The number of thiazole rings is 1. The average Bonchev–Trinajstić information content (AvgIpc) is 2.75. The lowest BCUT2D eigenvalue weighted by Crippen LogP contribution is -1.86. The fraction of sp³-hybridized carbons (Fsp3) is 0.300. The van der Waals surface area contributed by atoms with Crippen LogP contribution in [-0.4, -0.2) is 16.7 Å². The molecule has 80 valence electrons. The van der Waals surface area contributed by atoms with Gasteiger partial charge in [0.2, 0.25) is 0 Å². The van der Waals surface area contributed by atoms with Crippen molar-refractivity contribution in [1.82, 2.24) is 4.98 Å². The van der Waals surface area contributed by atoms with E-state index in [0.717, 1.165) is 14.5 Å². The number of halogens is 1. The van der Waals surface area contributed by atoms with Crippen LogP contribution in [0.5, 0.6) is 0 Å². The van der Waals surface area contributed by atoms with Crippen LogP contribution < -0.4 is 0 Å². The van der Waals surface area contributed by atoms with Gasteiger partial charge >= 0.3 is 0 Å². The maximum absolute atomic E-state index is 8.90. The van der Waals surface area contributed by atoms with E-state index in [2.05, 4.69) is 39.3 Å². The van der Waals surface area contributed by atoms with Crippen molar-refractivity contribution in [1.29, 1.82) is 0 Å². The average molecular weight is 304 g/mol. The van der Waals surface area contributed by atoms with Crippen molar-refractivity contribution in [2.75, 3.05) is 6.61 Å². The quantitative estimate of drug-likeness (QED) is 0.942. The van der Waals surface area contributed by atoms with E-state index in [1.165, 1.54) is 10.4 Å². The van der Waals surface area contributed by atoms with Gasteiger partial charge in [-0.15, -0.1) is 22.7 Å². The highest BCUT2D eigenvalue weighted by Gasteiger charge is 2.12. The molecule has 2 rings (SSSR count). The highest BCUT2D eigenvalue weighted by molar-refractivity contribution is 9.10. The van der Waals surface area contributed by atoms with Gasteiger partial charge < -0.3 is 5.11 Å². The molecule has 15 heavy (non-hydrogen) atoms. The van der Waals surface area contributed by atoms with Gasteiger partial charge in [0.15, 0.2) is 0 Å². The highest BCUT2D eigenvalue weighted by atomic mass is 79.9. The van der Waals surface area contributed by atoms with Crippen LogP contribution in [-0.2, 0) is 6.42 Å². The van der Waals surface area contributed by atoms with Gasteiger partial charge in [-0.05, 0) is 39.9 Å². The van der Waals surface area contributed by atoms with Crippen molar-refractivity contribution in [3.05, 3.63) is 26.5 Å². The number of aryl methyl sites for hydroxylation is 1. The molecule has 2 aromatic rings. The SMILES string of the molecule is Cc1ccsc1-c1nc(Br)c(CCO)s1. The molecule has 5 heteroatoms. The lowest BCUT2D eigenvalue weighted by Gasteiger charge is -1.91. The summed E-state index contributed by atoms with van der Waals surface area (Å²) in [7, 11) is 0. The summed E-state index contributed by atoms with van der Waals surface area (Å²) in [5, 5.41) is 12.0. The molecule has 0 aromatic carbocycles. The molecular formula is C10H10BrNOS2. The molecule has 2 nitrogen and oxygen atoms in total. The number of aliphatic hydroxyl groups is 1. The molecule has 0 radical (unpaired) electrons. The summed E-state index contributed by atoms with van der Waals surface area (Å²) in [6.07, 6.45) is 0.669. The first kappa shape index (κ1) is 11.3. The highest BCUT2D eigenvalue weighted by Crippen LogP contribution is 2.35. The fourth-order valence-corrected chi connectivity index (χ4v) is 4.04. The minimum atomic E-state index is 0.170. The van der Waals surface area contributed by atoms with Crippen LogP contribution in [0.2, 0.25) is 0 Å². The summed E-state index contributed by atoms with van der Waals surface area (Å²) in [6, 6.07) is 2.10. The number of aliphatic hydroxyl groups excluding tert-OH is 1. The Balaban J connectivity index is 2.38. The molecule has 0 aliphatic rings. The number of nitrogens with zero attached hydrogens (tertiary/aromatic N) is 1. The normalized spacial score (nSPS) is 10.9. The lowest BCUT2D eigenvalue weighted by molar-refractivity contribution is 0.300. The van der Waals surface area contributed by atoms with E-state index in [9.17, 15) is 0 Å². The number of hydrogen-bond acceptors (Lipinski definition) is 4. The molecule has 2 aromatic heterocycles. The predicted octanol–water partition coefficient (Wildman–Crippen LogP) is 3.48. The van der Waals surface area contributed by atoms with Crippen LogP contribution in [0.25, 0.3) is 9.88 Å². The summed E-state index contributed by atoms with van der Waals surface area (Å²) < 4.78 is 0.865. The Morgan fingerprint density at radius 2 is 2.33 bits per heavy atom. The van der Waals surface area contributed by atoms with E-state index < -0.39 is 0 Å². The first-order valence-corrected chi connectivity index (χ1v) is 7.02. The van der Waals surface area contributed by atoms with Crippen LogP contribution in [0.1, 0.15) is 10.4 Å². The molecule has 0 amide bonds. The van der Waals surface area contributed by atoms with Crippen LogP contribution >= 0.6 is 38.6 Å². The van der Waals surface area contributed by atoms with E-state index in [-0.39, 0.29) is 6.61 Å². The van der Waals surface area contributed by atoms with Crippen LogP contribution in [0, 0.1) is 6.92 Å². The van der Waals surface area contributed by atoms with E-state index in [4.69, 9.17) is 5.11 Å². The first-order chi connectivity index (χ1) is 7.22. The number of thiophene rings is 1. The molecular weight excluding hydrogens is 294 g/mol. The van der Waals surface area contributed by atoms with Crippen LogP contribution in [0.4, 0.5) is 0 Å². The second-order valence-electron chi connectivity index (χ2n) is 3.14. The van der Waals surface area contributed by atoms with Crippen molar-refractivity contribution in [3.8, 4) is 9.88 Å². The topological polar surface area (TPSA) is 33.1 Å². The van der Waals surface area contributed by atoms with Crippen molar-refractivity contribution in [2.24, 2.45) is 0 Å². The number of rotatable bonds is 3. The standard InChI is InChI=1S/C10H10BrNOS2/c1-6-3-5-14-8(6)10-12-9(11)7(15-10)2-4-13/h3,5,13H,2,4H2,1H3. The second-order valence-corrected chi connectivity index (χ2v) is 5.89. The minimum absolute atomic E-state index is 0.170. The van der Waals surface area contributed by atoms with Crippen molar-refractivity contribution >= 4 is 38.6 Å². The lowest BCUT2D eigenvalue weighted by atomic mass is 10.3. The summed E-state index contributed by atoms with van der Waals surface area (Å²) in [4.78, 5) is 6.81. The Labute approximate surface area is 105 Å². The molecule has 0 saturated heterocycles. The fourth-order valence-electron chi connectivity index (χ4n) is 1.28. The van der Waals surface area contributed by atoms with E-state index in [1.807, 2.05) is 0 Å². The zero-order valence-electron chi connectivity index (χ0n) is 8.16. The van der Waals surface area contributed by atoms with Crippen molar-refractivity contribution in [2.45, 2.75) is 13.3 Å². The van der Waals surface area contributed by atoms with Gasteiger partial charge in [-0.2, -0.15) is 0 Å². The van der Waals surface area contributed by atoms with Crippen LogP contribution in [0.3, 0.4) is 0 Å². The zero-order chi connectivity index (χ0) is 10.8. The third-order valence-electron chi connectivity index (χ3n) is 2.04. The van der Waals surface area contributed by atoms with Gasteiger partial charge in [-0.1, -0.05) is 0 Å². The maximum atomic E-state index is 8.90. The number of hydrogen-bond donors (Lipinski definition) is 1. The minimum Gasteiger partial charge on any atom is -0.396 e. The van der Waals surface area contributed by atoms with Gasteiger partial charge in [-0.3, -0.25) is 0 Å². The smallest absolute Gasteiger partial charge is 0.135 e. The Bertz CT molecular complexity index is 464. The van der Waals surface area contributed by atoms with Gasteiger partial charge in [0.25, 0.3) is 0 Å². The molecule has 0 aliphatic heterocycles. The van der Waals surface area contributed by atoms with Crippen LogP contribution in [0.15, 0.2) is 16.0 Å². The van der Waals surface area contributed by atoms with Gasteiger partial charge in [0.1, 0.15) is 9.61 Å². The number of aromatic nitrogens is 1. The molecule has 1 N–H and O–H groups in total. The molecule has 0 spiro atoms. The summed E-state index contributed by atoms with van der Waals surface area (Å²) >= 11 is 6.78. The molecule has 2 heterocycles. The Morgan fingerprint density at radius 3 is 2.93 bits per heavy atom. The summed E-state index contributed by atoms with van der Waals surface area (Å²) in [5.74, 6) is 0. The summed E-state index contributed by atoms with van der Waals surface area (Å²) in [5.41, 5.74) is 1.26. The molecule has 0 fully saturated rings. The van der Waals surface area contributed by atoms with Gasteiger partial charge in [-0.25, -0.2) is 4.98 Å². The Kier molecular flexibility index (Phi) is 3.56. The molecule has 0 unspecified atom stereocenters. The largest absolute Gasteiger partial charge is 0.396 e. The van der Waals surface area contributed by atoms with Crippen molar-refractivity contribution < 1.29 is 5.11 Å². The molecule has 0 aliphatic carbocycles. The molecule has 0 saturated carbocycles. The van der Waals surface area contributed by atoms with Gasteiger partial charge in [0.05, 0.1) is 4.88 Å². The first-order valence-electron chi connectivity index (χ1n) is 4.53. The zero-order valence-corrected chi connectivity index (χ0v) is 11.4. The van der Waals surface area contributed by atoms with Crippen molar-refractivity contribution in [3.63, 3.8) is 0 Å². The summed E-state index contributed by atoms with van der Waals surface area (Å²) in [6.45, 7) is 2.26. The second kappa shape index (κ2) is 4.74. The maximum Gasteiger partial charge on any atom is 0.135 e. The third-order valence-corrected chi connectivity index (χ3v) is 5.25. The van der Waals surface area contributed by atoms with E-state index >= 15 is 0 Å².